The van der Waals surface area contributed by atoms with E-state index in [0.29, 0.717) is 6.61 Å². The average Bonchev–Trinajstić information content (AvgIpc) is 3.39. The Morgan fingerprint density at radius 3 is 2.66 bits per heavy atom. The van der Waals surface area contributed by atoms with Crippen LogP contribution in [0.25, 0.3) is 22.0 Å². The van der Waals surface area contributed by atoms with Crippen LogP contribution in [0.3, 0.4) is 0 Å². The number of rotatable bonds is 5. The van der Waals surface area contributed by atoms with E-state index in [1.807, 2.05) is 36.3 Å². The third kappa shape index (κ3) is 4.28. The average molecular weight is 432 g/mol. The summed E-state index contributed by atoms with van der Waals surface area (Å²) in [5.41, 5.74) is 4.28. The number of fused-ring (bicyclic) bond motifs is 1. The number of likely N-dealkylation sites (tertiary alicyclic amines) is 1. The van der Waals surface area contributed by atoms with E-state index >= 15 is 0 Å². The number of carbonyl (C=O) groups is 1. The molecule has 2 aliphatic rings. The van der Waals surface area contributed by atoms with E-state index in [1.165, 1.54) is 0 Å². The molecule has 3 aromatic rings. The van der Waals surface area contributed by atoms with Crippen LogP contribution in [0, 0.1) is 0 Å². The summed E-state index contributed by atoms with van der Waals surface area (Å²) in [6.07, 6.45) is 5.25. The number of anilines is 1. The van der Waals surface area contributed by atoms with Gasteiger partial charge in [0, 0.05) is 62.4 Å². The SMILES string of the molecule is CNc1cc2cccnc2cc1-c1ccc(OC2CCN(C(=O)[C@H]3CCCO3)CC2)cc1. The van der Waals surface area contributed by atoms with Crippen molar-refractivity contribution in [1.82, 2.24) is 9.88 Å². The highest BCUT2D eigenvalue weighted by Crippen LogP contribution is 2.33. The van der Waals surface area contributed by atoms with Crippen molar-refractivity contribution in [2.75, 3.05) is 32.1 Å². The van der Waals surface area contributed by atoms with E-state index in [2.05, 4.69) is 40.6 Å². The first-order valence-electron chi connectivity index (χ1n) is 11.5. The first-order valence-corrected chi connectivity index (χ1v) is 11.5. The van der Waals surface area contributed by atoms with Crippen molar-refractivity contribution in [3.05, 3.63) is 54.7 Å². The quantitative estimate of drug-likeness (QED) is 0.645. The highest BCUT2D eigenvalue weighted by atomic mass is 16.5. The molecule has 5 rings (SSSR count). The first kappa shape index (κ1) is 20.8. The smallest absolute Gasteiger partial charge is 0.251 e. The molecule has 166 valence electrons. The maximum absolute atomic E-state index is 12.5. The number of ether oxygens (including phenoxy) is 2. The van der Waals surface area contributed by atoms with Gasteiger partial charge in [-0.25, -0.2) is 0 Å². The van der Waals surface area contributed by atoms with Crippen molar-refractivity contribution < 1.29 is 14.3 Å². The van der Waals surface area contributed by atoms with Crippen LogP contribution in [0.4, 0.5) is 5.69 Å². The summed E-state index contributed by atoms with van der Waals surface area (Å²) in [7, 11) is 1.94. The zero-order valence-electron chi connectivity index (χ0n) is 18.4. The molecule has 0 spiro atoms. The number of benzene rings is 2. The van der Waals surface area contributed by atoms with Gasteiger partial charge >= 0.3 is 0 Å². The van der Waals surface area contributed by atoms with Crippen LogP contribution in [-0.4, -0.2) is 54.7 Å². The molecule has 6 nitrogen and oxygen atoms in total. The van der Waals surface area contributed by atoms with Crippen molar-refractivity contribution in [3.8, 4) is 16.9 Å². The number of piperidine rings is 1. The normalized spacial score (nSPS) is 19.3. The molecular weight excluding hydrogens is 402 g/mol. The second kappa shape index (κ2) is 9.17. The Morgan fingerprint density at radius 2 is 1.94 bits per heavy atom. The monoisotopic (exact) mass is 431 g/mol. The van der Waals surface area contributed by atoms with Crippen molar-refractivity contribution in [2.45, 2.75) is 37.9 Å². The predicted octanol–water partition coefficient (Wildman–Crippen LogP) is 4.49. The Morgan fingerprint density at radius 1 is 1.12 bits per heavy atom. The van der Waals surface area contributed by atoms with Gasteiger partial charge in [-0.15, -0.1) is 0 Å². The zero-order valence-corrected chi connectivity index (χ0v) is 18.4. The predicted molar refractivity (Wildman–Crippen MR) is 126 cm³/mol. The summed E-state index contributed by atoms with van der Waals surface area (Å²) in [5, 5.41) is 4.42. The number of hydrogen-bond donors (Lipinski definition) is 1. The van der Waals surface area contributed by atoms with Gasteiger partial charge in [0.2, 0.25) is 0 Å². The molecule has 0 bridgehead atoms. The van der Waals surface area contributed by atoms with E-state index in [4.69, 9.17) is 9.47 Å². The summed E-state index contributed by atoms with van der Waals surface area (Å²) < 4.78 is 11.8. The lowest BCUT2D eigenvalue weighted by Gasteiger charge is -2.33. The van der Waals surface area contributed by atoms with Crippen LogP contribution in [0.5, 0.6) is 5.75 Å². The maximum atomic E-state index is 12.5. The van der Waals surface area contributed by atoms with E-state index in [1.54, 1.807) is 0 Å². The van der Waals surface area contributed by atoms with Crippen LogP contribution in [0.2, 0.25) is 0 Å². The topological polar surface area (TPSA) is 63.7 Å². The van der Waals surface area contributed by atoms with Gasteiger partial charge in [0.05, 0.1) is 5.52 Å². The van der Waals surface area contributed by atoms with Crippen molar-refractivity contribution in [1.29, 1.82) is 0 Å². The maximum Gasteiger partial charge on any atom is 0.251 e. The Hall–Kier alpha value is -3.12. The fourth-order valence-electron chi connectivity index (χ4n) is 4.64. The highest BCUT2D eigenvalue weighted by molar-refractivity contribution is 5.92. The third-order valence-electron chi connectivity index (χ3n) is 6.44. The number of aromatic nitrogens is 1. The first-order chi connectivity index (χ1) is 15.7. The number of carbonyl (C=O) groups excluding carboxylic acids is 1. The van der Waals surface area contributed by atoms with Crippen LogP contribution >= 0.6 is 0 Å². The molecule has 1 aromatic heterocycles. The Labute approximate surface area is 188 Å². The van der Waals surface area contributed by atoms with Crippen LogP contribution < -0.4 is 10.1 Å². The number of nitrogens with zero attached hydrogens (tertiary/aromatic N) is 2. The van der Waals surface area contributed by atoms with Crippen LogP contribution in [0.15, 0.2) is 54.7 Å². The third-order valence-corrected chi connectivity index (χ3v) is 6.44. The number of amides is 1. The molecule has 2 aliphatic heterocycles. The Balaban J connectivity index is 1.23. The van der Waals surface area contributed by atoms with Gasteiger partial charge in [-0.05, 0) is 48.7 Å². The molecule has 0 aliphatic carbocycles. The molecule has 2 aromatic carbocycles. The van der Waals surface area contributed by atoms with Gasteiger partial charge in [-0.3, -0.25) is 9.78 Å². The molecule has 0 unspecified atom stereocenters. The van der Waals surface area contributed by atoms with Gasteiger partial charge in [-0.1, -0.05) is 18.2 Å². The molecular formula is C26H29N3O3. The number of hydrogen-bond acceptors (Lipinski definition) is 5. The molecule has 2 saturated heterocycles. The number of nitrogens with one attached hydrogen (secondary N) is 1. The summed E-state index contributed by atoms with van der Waals surface area (Å²) >= 11 is 0. The largest absolute Gasteiger partial charge is 0.490 e. The summed E-state index contributed by atoms with van der Waals surface area (Å²) in [6.45, 7) is 2.17. The lowest BCUT2D eigenvalue weighted by Crippen LogP contribution is -2.45. The van der Waals surface area contributed by atoms with Gasteiger partial charge < -0.3 is 19.7 Å². The molecule has 32 heavy (non-hydrogen) atoms. The lowest BCUT2D eigenvalue weighted by molar-refractivity contribution is -0.142. The molecule has 6 heteroatoms. The molecule has 0 radical (unpaired) electrons. The molecule has 3 heterocycles. The minimum absolute atomic E-state index is 0.132. The molecule has 0 saturated carbocycles. The molecule has 1 atom stereocenters. The van der Waals surface area contributed by atoms with E-state index in [0.717, 1.165) is 72.2 Å². The molecule has 2 fully saturated rings. The molecule has 1 amide bonds. The van der Waals surface area contributed by atoms with Crippen molar-refractivity contribution >= 4 is 22.5 Å². The van der Waals surface area contributed by atoms with E-state index in [9.17, 15) is 4.79 Å². The summed E-state index contributed by atoms with van der Waals surface area (Å²) in [4.78, 5) is 19.0. The second-order valence-corrected chi connectivity index (χ2v) is 8.51. The van der Waals surface area contributed by atoms with Gasteiger partial charge in [0.1, 0.15) is 18.0 Å². The van der Waals surface area contributed by atoms with Crippen LogP contribution in [0.1, 0.15) is 25.7 Å². The summed E-state index contributed by atoms with van der Waals surface area (Å²) in [6, 6.07) is 16.5. The highest BCUT2D eigenvalue weighted by Gasteiger charge is 2.31. The minimum atomic E-state index is -0.229. The second-order valence-electron chi connectivity index (χ2n) is 8.51. The standard InChI is InChI=1S/C26H29N3O3/c1-27-24-16-19-4-2-12-28-23(19)17-22(24)18-6-8-20(9-7-18)32-21-10-13-29(14-11-21)26(30)25-5-3-15-31-25/h2,4,6-9,12,16-17,21,25,27H,3,5,10-11,13-15H2,1H3/t25-/m1/s1. The lowest BCUT2D eigenvalue weighted by atomic mass is 10.0. The zero-order chi connectivity index (χ0) is 21.9. The molecule has 1 N–H and O–H groups in total. The fourth-order valence-corrected chi connectivity index (χ4v) is 4.64. The Bertz CT molecular complexity index is 1090. The van der Waals surface area contributed by atoms with Crippen molar-refractivity contribution in [2.24, 2.45) is 0 Å². The van der Waals surface area contributed by atoms with Crippen molar-refractivity contribution in [3.63, 3.8) is 0 Å². The number of pyridine rings is 1. The van der Waals surface area contributed by atoms with E-state index in [-0.39, 0.29) is 18.1 Å². The fraction of sp³-hybridized carbons (Fsp3) is 0.385. The van der Waals surface area contributed by atoms with E-state index < -0.39 is 0 Å². The minimum Gasteiger partial charge on any atom is -0.490 e. The summed E-state index contributed by atoms with van der Waals surface area (Å²) in [5.74, 6) is 1.01. The van der Waals surface area contributed by atoms with Gasteiger partial charge in [-0.2, -0.15) is 0 Å². The van der Waals surface area contributed by atoms with Crippen LogP contribution in [-0.2, 0) is 9.53 Å². The van der Waals surface area contributed by atoms with Gasteiger partial charge in [0.25, 0.3) is 5.91 Å². The van der Waals surface area contributed by atoms with Gasteiger partial charge in [0.15, 0.2) is 0 Å². The Kier molecular flexibility index (Phi) is 5.95.